The first-order chi connectivity index (χ1) is 17.6. The molecule has 196 valence electrons. The van der Waals surface area contributed by atoms with E-state index in [1.54, 1.807) is 18.2 Å². The third-order valence-corrected chi connectivity index (χ3v) is 6.25. The molecule has 0 N–H and O–H groups in total. The molecule has 0 bridgehead atoms. The molecule has 5 nitrogen and oxygen atoms in total. The van der Waals surface area contributed by atoms with Gasteiger partial charge in [-0.3, -0.25) is 0 Å². The first-order valence-corrected chi connectivity index (χ1v) is 13.5. The number of ether oxygens (including phenoxy) is 2. The van der Waals surface area contributed by atoms with Gasteiger partial charge >= 0.3 is 0 Å². The van der Waals surface area contributed by atoms with Crippen molar-refractivity contribution in [3.05, 3.63) is 42.4 Å². The minimum absolute atomic E-state index is 0.117. The second kappa shape index (κ2) is 15.3. The second-order valence-corrected chi connectivity index (χ2v) is 9.25. The van der Waals surface area contributed by atoms with Crippen LogP contribution in [-0.4, -0.2) is 28.2 Å². The third kappa shape index (κ3) is 8.38. The fraction of sp³-hybridized carbons (Fsp3) is 0.552. The van der Waals surface area contributed by atoms with Crippen molar-refractivity contribution in [3.63, 3.8) is 0 Å². The van der Waals surface area contributed by atoms with Crippen LogP contribution in [0.4, 0.5) is 8.78 Å². The summed E-state index contributed by atoms with van der Waals surface area (Å²) in [7, 11) is 0. The summed E-state index contributed by atoms with van der Waals surface area (Å²) in [6.07, 6.45) is 16.9. The van der Waals surface area contributed by atoms with Gasteiger partial charge in [-0.25, -0.2) is 14.4 Å². The van der Waals surface area contributed by atoms with Crippen LogP contribution in [0.1, 0.15) is 90.9 Å². The maximum absolute atomic E-state index is 15.2. The Morgan fingerprint density at radius 2 is 1.31 bits per heavy atom. The molecule has 0 spiro atoms. The lowest BCUT2D eigenvalue weighted by atomic mass is 10.1. The van der Waals surface area contributed by atoms with Crippen LogP contribution in [0.15, 0.2) is 30.6 Å². The largest absolute Gasteiger partial charge is 0.490 e. The van der Waals surface area contributed by atoms with Crippen LogP contribution in [0.2, 0.25) is 0 Å². The number of halogens is 2. The van der Waals surface area contributed by atoms with E-state index >= 15 is 4.39 Å². The lowest BCUT2D eigenvalue weighted by Gasteiger charge is -2.10. The zero-order valence-corrected chi connectivity index (χ0v) is 21.7. The summed E-state index contributed by atoms with van der Waals surface area (Å²) < 4.78 is 41.3. The van der Waals surface area contributed by atoms with Crippen molar-refractivity contribution >= 4 is 10.8 Å². The normalized spacial score (nSPS) is 11.2. The van der Waals surface area contributed by atoms with Gasteiger partial charge in [0.1, 0.15) is 5.82 Å². The molecule has 36 heavy (non-hydrogen) atoms. The average Bonchev–Trinajstić information content (AvgIpc) is 2.88. The Labute approximate surface area is 213 Å². The van der Waals surface area contributed by atoms with Crippen molar-refractivity contribution in [1.82, 2.24) is 15.0 Å². The number of unbranched alkanes of at least 4 members (excludes halogenated alkanes) is 10. The lowest BCUT2D eigenvalue weighted by molar-refractivity contribution is 0.290. The standard InChI is InChI=1S/C29H39F2N3O2/c1-3-5-7-9-11-13-17-35-23-20-32-29(33-21-23)24-16-15-22-19-25(34-28(31)26(22)27(24)30)36-18-14-12-10-8-6-4-2/h15-16,19-21H,3-14,17-18H2,1-2H3. The molecule has 0 unspecified atom stereocenters. The molecule has 0 aliphatic heterocycles. The van der Waals surface area contributed by atoms with Crippen LogP contribution in [-0.2, 0) is 0 Å². The lowest BCUT2D eigenvalue weighted by Crippen LogP contribution is -2.02. The number of fused-ring (bicyclic) bond motifs is 1. The Morgan fingerprint density at radius 3 is 1.94 bits per heavy atom. The van der Waals surface area contributed by atoms with E-state index in [4.69, 9.17) is 9.47 Å². The van der Waals surface area contributed by atoms with Crippen LogP contribution >= 0.6 is 0 Å². The summed E-state index contributed by atoms with van der Waals surface area (Å²) >= 11 is 0. The van der Waals surface area contributed by atoms with E-state index in [1.807, 2.05) is 0 Å². The zero-order chi connectivity index (χ0) is 25.6. The van der Waals surface area contributed by atoms with E-state index < -0.39 is 11.8 Å². The van der Waals surface area contributed by atoms with Gasteiger partial charge in [-0.1, -0.05) is 84.1 Å². The Balaban J connectivity index is 1.57. The maximum atomic E-state index is 15.2. The van der Waals surface area contributed by atoms with Gasteiger partial charge in [-0.05, 0) is 24.3 Å². The van der Waals surface area contributed by atoms with Gasteiger partial charge in [0.2, 0.25) is 11.8 Å². The van der Waals surface area contributed by atoms with Gasteiger partial charge in [0.05, 0.1) is 36.6 Å². The highest BCUT2D eigenvalue weighted by Gasteiger charge is 2.17. The summed E-state index contributed by atoms with van der Waals surface area (Å²) in [5, 5.41) is 0.201. The van der Waals surface area contributed by atoms with Crippen LogP contribution in [0.5, 0.6) is 11.6 Å². The molecule has 2 aromatic heterocycles. The molecule has 0 atom stereocenters. The molecule has 0 saturated heterocycles. The van der Waals surface area contributed by atoms with Crippen LogP contribution in [0, 0.1) is 11.8 Å². The van der Waals surface area contributed by atoms with Crippen molar-refractivity contribution in [2.75, 3.05) is 13.2 Å². The van der Waals surface area contributed by atoms with E-state index in [-0.39, 0.29) is 22.7 Å². The van der Waals surface area contributed by atoms with E-state index in [0.29, 0.717) is 24.3 Å². The van der Waals surface area contributed by atoms with Crippen molar-refractivity contribution in [3.8, 4) is 23.0 Å². The van der Waals surface area contributed by atoms with Crippen molar-refractivity contribution < 1.29 is 18.3 Å². The highest BCUT2D eigenvalue weighted by atomic mass is 19.1. The van der Waals surface area contributed by atoms with Gasteiger partial charge in [0, 0.05) is 6.07 Å². The molecule has 0 aliphatic carbocycles. The van der Waals surface area contributed by atoms with Crippen LogP contribution < -0.4 is 9.47 Å². The zero-order valence-electron chi connectivity index (χ0n) is 21.7. The summed E-state index contributed by atoms with van der Waals surface area (Å²) in [6, 6.07) is 4.77. The van der Waals surface area contributed by atoms with Gasteiger partial charge in [0.15, 0.2) is 11.6 Å². The molecule has 3 rings (SSSR count). The fourth-order valence-electron chi connectivity index (χ4n) is 4.15. The predicted molar refractivity (Wildman–Crippen MR) is 140 cm³/mol. The SMILES string of the molecule is CCCCCCCCOc1cnc(-c2ccc3cc(OCCCCCCCC)nc(F)c3c2F)nc1. The summed E-state index contributed by atoms with van der Waals surface area (Å²) in [5.74, 6) is -0.758. The Hall–Kier alpha value is -2.83. The minimum Gasteiger partial charge on any atom is -0.490 e. The monoisotopic (exact) mass is 499 g/mol. The minimum atomic E-state index is -0.899. The Bertz CT molecular complexity index is 1060. The molecule has 0 aliphatic rings. The van der Waals surface area contributed by atoms with Gasteiger partial charge in [-0.2, -0.15) is 9.37 Å². The number of nitrogens with zero attached hydrogens (tertiary/aromatic N) is 3. The van der Waals surface area contributed by atoms with Gasteiger partial charge in [-0.15, -0.1) is 0 Å². The number of rotatable bonds is 17. The Morgan fingerprint density at radius 1 is 0.722 bits per heavy atom. The maximum Gasteiger partial charge on any atom is 0.227 e. The molecule has 7 heteroatoms. The number of pyridine rings is 1. The summed E-state index contributed by atoms with van der Waals surface area (Å²) in [6.45, 7) is 5.45. The first kappa shape index (κ1) is 27.8. The van der Waals surface area contributed by atoms with Gasteiger partial charge in [0.25, 0.3) is 0 Å². The third-order valence-electron chi connectivity index (χ3n) is 6.25. The smallest absolute Gasteiger partial charge is 0.227 e. The summed E-state index contributed by atoms with van der Waals surface area (Å²) in [4.78, 5) is 12.3. The molecule has 0 radical (unpaired) electrons. The Kier molecular flexibility index (Phi) is 11.8. The molecule has 2 heterocycles. The van der Waals surface area contributed by atoms with Gasteiger partial charge < -0.3 is 9.47 Å². The van der Waals surface area contributed by atoms with E-state index in [9.17, 15) is 4.39 Å². The number of hydrogen-bond donors (Lipinski definition) is 0. The van der Waals surface area contributed by atoms with E-state index in [0.717, 1.165) is 25.7 Å². The topological polar surface area (TPSA) is 57.1 Å². The molecular formula is C29H39F2N3O2. The van der Waals surface area contributed by atoms with Crippen molar-refractivity contribution in [2.45, 2.75) is 90.9 Å². The molecule has 0 saturated carbocycles. The average molecular weight is 500 g/mol. The highest BCUT2D eigenvalue weighted by molar-refractivity contribution is 5.87. The fourth-order valence-corrected chi connectivity index (χ4v) is 4.15. The van der Waals surface area contributed by atoms with Crippen LogP contribution in [0.25, 0.3) is 22.2 Å². The van der Waals surface area contributed by atoms with E-state index in [1.165, 1.54) is 63.8 Å². The quantitative estimate of drug-likeness (QED) is 0.138. The van der Waals surface area contributed by atoms with E-state index in [2.05, 4.69) is 28.8 Å². The number of aromatic nitrogens is 3. The van der Waals surface area contributed by atoms with Crippen molar-refractivity contribution in [2.24, 2.45) is 0 Å². The first-order valence-electron chi connectivity index (χ1n) is 13.5. The molecule has 0 fully saturated rings. The second-order valence-electron chi connectivity index (χ2n) is 9.25. The number of hydrogen-bond acceptors (Lipinski definition) is 5. The van der Waals surface area contributed by atoms with Crippen LogP contribution in [0.3, 0.4) is 0 Å². The molecular weight excluding hydrogens is 460 g/mol. The highest BCUT2D eigenvalue weighted by Crippen LogP contribution is 2.30. The molecule has 3 aromatic rings. The molecule has 0 amide bonds. The van der Waals surface area contributed by atoms with Crippen molar-refractivity contribution in [1.29, 1.82) is 0 Å². The molecule has 1 aromatic carbocycles. The number of benzene rings is 1. The summed E-state index contributed by atoms with van der Waals surface area (Å²) in [5.41, 5.74) is 0.117. The predicted octanol–water partition coefficient (Wildman–Crippen LogP) is 8.45.